The second-order valence-corrected chi connectivity index (χ2v) is 11.9. The van der Waals surface area contributed by atoms with E-state index in [1.165, 1.54) is 55.9 Å². The monoisotopic (exact) mass is 564 g/mol. The van der Waals surface area contributed by atoms with Crippen LogP contribution in [0.2, 0.25) is 0 Å². The van der Waals surface area contributed by atoms with E-state index in [0.29, 0.717) is 44.8 Å². The number of carbonyl (C=O) groups is 2. The molecule has 0 bridgehead atoms. The summed E-state index contributed by atoms with van der Waals surface area (Å²) in [6, 6.07) is 5.51. The number of hydrogen-bond acceptors (Lipinski definition) is 6. The average Bonchev–Trinajstić information content (AvgIpc) is 3.45. The molecular formula is C31H49FN2O6. The van der Waals surface area contributed by atoms with Gasteiger partial charge in [-0.15, -0.1) is 0 Å². The molecule has 0 unspecified atom stereocenters. The molecule has 2 aliphatic rings. The van der Waals surface area contributed by atoms with Crippen molar-refractivity contribution in [2.45, 2.75) is 96.0 Å². The van der Waals surface area contributed by atoms with Gasteiger partial charge >= 0.3 is 0 Å². The number of nitrogens with zero attached hydrogens (tertiary/aromatic N) is 2. The lowest BCUT2D eigenvalue weighted by atomic mass is 9.97. The number of aliphatic hydroxyl groups is 2. The zero-order valence-electron chi connectivity index (χ0n) is 24.5. The molecule has 1 aliphatic carbocycles. The van der Waals surface area contributed by atoms with Gasteiger partial charge in [0.1, 0.15) is 24.1 Å². The molecule has 1 saturated carbocycles. The molecule has 1 aromatic rings. The smallest absolute Gasteiger partial charge is 0.256 e. The molecule has 2 amide bonds. The topological polar surface area (TPSA) is 99.5 Å². The fraction of sp³-hybridized carbons (Fsp3) is 0.742. The van der Waals surface area contributed by atoms with E-state index in [9.17, 15) is 24.2 Å². The highest BCUT2D eigenvalue weighted by Gasteiger charge is 2.34. The zero-order chi connectivity index (χ0) is 29.1. The molecule has 1 heterocycles. The highest BCUT2D eigenvalue weighted by molar-refractivity contribution is 5.94. The van der Waals surface area contributed by atoms with Gasteiger partial charge in [-0.3, -0.25) is 9.59 Å². The maximum atomic E-state index is 14.8. The van der Waals surface area contributed by atoms with Crippen LogP contribution in [0.15, 0.2) is 24.3 Å². The standard InChI is InChI=1S/C31H49FN2O6/c1-22(2)18-24-19-33(31(38)25-12-6-7-13-26(25)32)20-28(39-3)30(37)27(35)21-40-17-9-8-16-34(24)29(36)15-14-23-10-4-5-11-23/h6-7,12-13,22-24,27-28,30,35,37H,4-5,8-11,14-21H2,1-3H3/t24-,27-,28-,30-/m1/s1. The van der Waals surface area contributed by atoms with Crippen LogP contribution in [-0.2, 0) is 14.3 Å². The molecule has 1 aromatic carbocycles. The van der Waals surface area contributed by atoms with E-state index in [0.717, 1.165) is 6.42 Å². The quantitative estimate of drug-likeness (QED) is 0.519. The molecule has 9 heteroatoms. The van der Waals surface area contributed by atoms with E-state index in [1.54, 1.807) is 6.07 Å². The van der Waals surface area contributed by atoms with Gasteiger partial charge in [0.2, 0.25) is 5.91 Å². The minimum atomic E-state index is -1.32. The van der Waals surface area contributed by atoms with Crippen molar-refractivity contribution in [3.05, 3.63) is 35.6 Å². The number of halogens is 1. The molecule has 4 atom stereocenters. The summed E-state index contributed by atoms with van der Waals surface area (Å²) in [4.78, 5) is 30.9. The lowest BCUT2D eigenvalue weighted by Gasteiger charge is -2.39. The average molecular weight is 565 g/mol. The molecule has 2 N–H and O–H groups in total. The van der Waals surface area contributed by atoms with Gasteiger partial charge in [-0.2, -0.15) is 0 Å². The number of carbonyl (C=O) groups excluding carboxylic acids is 2. The number of rotatable bonds is 7. The van der Waals surface area contributed by atoms with Crippen LogP contribution in [0.4, 0.5) is 4.39 Å². The molecule has 3 rings (SSSR count). The number of ether oxygens (including phenoxy) is 2. The molecule has 1 saturated heterocycles. The van der Waals surface area contributed by atoms with Crippen molar-refractivity contribution in [2.24, 2.45) is 11.8 Å². The number of benzene rings is 1. The molecule has 2 fully saturated rings. The summed E-state index contributed by atoms with van der Waals surface area (Å²) in [5.41, 5.74) is -0.0840. The summed E-state index contributed by atoms with van der Waals surface area (Å²) < 4.78 is 25.9. The van der Waals surface area contributed by atoms with Gasteiger partial charge in [-0.1, -0.05) is 51.7 Å². The van der Waals surface area contributed by atoms with E-state index in [4.69, 9.17) is 9.47 Å². The fourth-order valence-corrected chi connectivity index (χ4v) is 6.00. The van der Waals surface area contributed by atoms with Crippen LogP contribution >= 0.6 is 0 Å². The predicted molar refractivity (Wildman–Crippen MR) is 151 cm³/mol. The van der Waals surface area contributed by atoms with Gasteiger partial charge in [0, 0.05) is 45.8 Å². The summed E-state index contributed by atoms with van der Waals surface area (Å²) in [7, 11) is 1.40. The van der Waals surface area contributed by atoms with Crippen molar-refractivity contribution in [1.82, 2.24) is 9.80 Å². The van der Waals surface area contributed by atoms with Crippen LogP contribution in [0.1, 0.15) is 82.0 Å². The molecule has 40 heavy (non-hydrogen) atoms. The summed E-state index contributed by atoms with van der Waals surface area (Å²) >= 11 is 0. The van der Waals surface area contributed by atoms with Crippen molar-refractivity contribution in [3.8, 4) is 0 Å². The first-order chi connectivity index (χ1) is 19.2. The second kappa shape index (κ2) is 16.4. The highest BCUT2D eigenvalue weighted by Crippen LogP contribution is 2.29. The van der Waals surface area contributed by atoms with Gasteiger partial charge < -0.3 is 29.5 Å². The van der Waals surface area contributed by atoms with Crippen LogP contribution in [0, 0.1) is 17.7 Å². The molecular weight excluding hydrogens is 515 g/mol. The number of methoxy groups -OCH3 is 1. The van der Waals surface area contributed by atoms with E-state index < -0.39 is 30.0 Å². The van der Waals surface area contributed by atoms with E-state index in [2.05, 4.69) is 13.8 Å². The Balaban J connectivity index is 1.94. The Kier molecular flexibility index (Phi) is 13.3. The Morgan fingerprint density at radius 1 is 1.10 bits per heavy atom. The van der Waals surface area contributed by atoms with E-state index in [-0.39, 0.29) is 43.1 Å². The van der Waals surface area contributed by atoms with Crippen molar-refractivity contribution in [2.75, 3.05) is 40.0 Å². The minimum Gasteiger partial charge on any atom is -0.388 e. The SMILES string of the molecule is CO[C@@H]1CN(C(=O)c2ccccc2F)C[C@@H](CC(C)C)N(C(=O)CCC2CCCC2)CCCCOC[C@@H](O)[C@H]1O. The predicted octanol–water partition coefficient (Wildman–Crippen LogP) is 4.03. The third-order valence-electron chi connectivity index (χ3n) is 8.27. The lowest BCUT2D eigenvalue weighted by Crippen LogP contribution is -2.54. The van der Waals surface area contributed by atoms with Crippen molar-refractivity contribution in [1.29, 1.82) is 0 Å². The van der Waals surface area contributed by atoms with E-state index >= 15 is 0 Å². The Morgan fingerprint density at radius 3 is 2.50 bits per heavy atom. The first-order valence-corrected chi connectivity index (χ1v) is 15.0. The molecule has 0 aromatic heterocycles. The van der Waals surface area contributed by atoms with Gasteiger partial charge in [-0.25, -0.2) is 4.39 Å². The van der Waals surface area contributed by atoms with Crippen molar-refractivity contribution in [3.63, 3.8) is 0 Å². The Bertz CT molecular complexity index is 925. The maximum Gasteiger partial charge on any atom is 0.256 e. The Hall–Kier alpha value is -2.07. The summed E-state index contributed by atoms with van der Waals surface area (Å²) in [5, 5.41) is 21.4. The minimum absolute atomic E-state index is 0.0811. The van der Waals surface area contributed by atoms with Gasteiger partial charge in [0.05, 0.1) is 12.2 Å². The normalized spacial score (nSPS) is 26.2. The summed E-state index contributed by atoms with van der Waals surface area (Å²) in [6.07, 6.45) is 4.76. The molecule has 8 nitrogen and oxygen atoms in total. The Morgan fingerprint density at radius 2 is 1.82 bits per heavy atom. The van der Waals surface area contributed by atoms with Crippen LogP contribution in [0.5, 0.6) is 0 Å². The van der Waals surface area contributed by atoms with Crippen molar-refractivity contribution < 1.29 is 33.7 Å². The molecule has 226 valence electrons. The third-order valence-corrected chi connectivity index (χ3v) is 8.27. The van der Waals surface area contributed by atoms with Crippen LogP contribution < -0.4 is 0 Å². The Labute approximate surface area is 238 Å². The van der Waals surface area contributed by atoms with Gasteiger partial charge in [0.25, 0.3) is 5.91 Å². The van der Waals surface area contributed by atoms with Crippen LogP contribution in [0.25, 0.3) is 0 Å². The third kappa shape index (κ3) is 9.50. The fourth-order valence-electron chi connectivity index (χ4n) is 6.00. The maximum absolute atomic E-state index is 14.8. The molecule has 0 spiro atoms. The second-order valence-electron chi connectivity index (χ2n) is 11.9. The number of aliphatic hydroxyl groups excluding tert-OH is 2. The summed E-state index contributed by atoms with van der Waals surface area (Å²) in [6.45, 7) is 5.11. The van der Waals surface area contributed by atoms with Crippen LogP contribution in [-0.4, -0.2) is 96.1 Å². The number of hydrogen-bond donors (Lipinski definition) is 2. The largest absolute Gasteiger partial charge is 0.388 e. The summed E-state index contributed by atoms with van der Waals surface area (Å²) in [5.74, 6) is -0.261. The van der Waals surface area contributed by atoms with Gasteiger partial charge in [-0.05, 0) is 49.7 Å². The molecule has 1 aliphatic heterocycles. The van der Waals surface area contributed by atoms with Crippen molar-refractivity contribution >= 4 is 11.8 Å². The highest BCUT2D eigenvalue weighted by atomic mass is 19.1. The van der Waals surface area contributed by atoms with Gasteiger partial charge in [0.15, 0.2) is 0 Å². The zero-order valence-corrected chi connectivity index (χ0v) is 24.5. The first kappa shape index (κ1) is 32.4. The van der Waals surface area contributed by atoms with E-state index in [1.807, 2.05) is 4.90 Å². The lowest BCUT2D eigenvalue weighted by molar-refractivity contribution is -0.135. The first-order valence-electron chi connectivity index (χ1n) is 15.0. The number of amides is 2. The van der Waals surface area contributed by atoms with Crippen LogP contribution in [0.3, 0.4) is 0 Å². The molecule has 0 radical (unpaired) electrons.